The van der Waals surface area contributed by atoms with E-state index in [2.05, 4.69) is 16.0 Å². The van der Waals surface area contributed by atoms with Gasteiger partial charge in [-0.25, -0.2) is 4.79 Å². The van der Waals surface area contributed by atoms with Gasteiger partial charge in [0.25, 0.3) is 0 Å². The van der Waals surface area contributed by atoms with E-state index in [9.17, 15) is 19.8 Å². The number of hydrogen-bond acceptors (Lipinski definition) is 6. The van der Waals surface area contributed by atoms with Crippen LogP contribution in [0.15, 0.2) is 84.9 Å². The summed E-state index contributed by atoms with van der Waals surface area (Å²) in [7, 11) is 0. The maximum atomic E-state index is 13.6. The lowest BCUT2D eigenvalue weighted by Crippen LogP contribution is -2.54. The number of aliphatic hydroxyl groups excluding tert-OH is 2. The molecule has 0 heterocycles. The second-order valence-electron chi connectivity index (χ2n) is 11.6. The second kappa shape index (κ2) is 13.8. The number of nitrogens with one attached hydrogen (secondary N) is 3. The summed E-state index contributed by atoms with van der Waals surface area (Å²) in [5.74, 6) is -0.276. The van der Waals surface area contributed by atoms with E-state index in [1.165, 1.54) is 0 Å². The Morgan fingerprint density at radius 1 is 0.902 bits per heavy atom. The van der Waals surface area contributed by atoms with Crippen molar-refractivity contribution in [2.75, 3.05) is 6.54 Å². The molecular weight excluding hydrogens is 518 g/mol. The lowest BCUT2D eigenvalue weighted by molar-refractivity contribution is -0.124. The van der Waals surface area contributed by atoms with Crippen LogP contribution in [0, 0.1) is 0 Å². The third kappa shape index (κ3) is 8.88. The number of amides is 2. The van der Waals surface area contributed by atoms with Gasteiger partial charge < -0.3 is 30.9 Å². The molecule has 0 saturated heterocycles. The first-order chi connectivity index (χ1) is 19.6. The summed E-state index contributed by atoms with van der Waals surface area (Å²) in [5, 5.41) is 31.0. The minimum absolute atomic E-state index is 0.0437. The lowest BCUT2D eigenvalue weighted by atomic mass is 10.00. The number of ether oxygens (including phenoxy) is 1. The van der Waals surface area contributed by atoms with E-state index in [4.69, 9.17) is 4.74 Å². The van der Waals surface area contributed by atoms with Crippen LogP contribution in [0.1, 0.15) is 49.1 Å². The Morgan fingerprint density at radius 2 is 1.49 bits per heavy atom. The second-order valence-corrected chi connectivity index (χ2v) is 11.6. The molecule has 2 amide bonds. The van der Waals surface area contributed by atoms with Crippen LogP contribution in [0.5, 0.6) is 0 Å². The molecule has 1 aliphatic carbocycles. The van der Waals surface area contributed by atoms with Crippen LogP contribution >= 0.6 is 0 Å². The highest BCUT2D eigenvalue weighted by Gasteiger charge is 2.34. The Bertz CT molecular complexity index is 1280. The van der Waals surface area contributed by atoms with Crippen molar-refractivity contribution >= 4 is 12.0 Å². The molecule has 0 aliphatic heterocycles. The fourth-order valence-corrected chi connectivity index (χ4v) is 5.12. The predicted octanol–water partition coefficient (Wildman–Crippen LogP) is 3.46. The molecule has 0 spiro atoms. The van der Waals surface area contributed by atoms with Crippen LogP contribution in [0.3, 0.4) is 0 Å². The molecular formula is C33H41N3O5. The molecule has 1 aliphatic rings. The average molecular weight is 560 g/mol. The van der Waals surface area contributed by atoms with Crippen molar-refractivity contribution in [1.82, 2.24) is 16.0 Å². The molecule has 41 heavy (non-hydrogen) atoms. The molecule has 0 radical (unpaired) electrons. The number of carbonyl (C=O) groups excluding carboxylic acids is 2. The first-order valence-corrected chi connectivity index (χ1v) is 14.1. The summed E-state index contributed by atoms with van der Waals surface area (Å²) in [6.07, 6.45) is -1.12. The minimum Gasteiger partial charge on any atom is -0.444 e. The van der Waals surface area contributed by atoms with E-state index in [0.717, 1.165) is 22.3 Å². The van der Waals surface area contributed by atoms with Gasteiger partial charge in [-0.2, -0.15) is 0 Å². The Hall–Kier alpha value is -3.72. The summed E-state index contributed by atoms with van der Waals surface area (Å²) in [5.41, 5.74) is 3.14. The number of rotatable bonds is 11. The minimum atomic E-state index is -1.02. The lowest BCUT2D eigenvalue weighted by Gasteiger charge is -2.29. The van der Waals surface area contributed by atoms with E-state index in [1.807, 2.05) is 84.9 Å². The molecule has 4 rings (SSSR count). The van der Waals surface area contributed by atoms with Crippen LogP contribution in [0.4, 0.5) is 4.79 Å². The van der Waals surface area contributed by atoms with Gasteiger partial charge in [0.1, 0.15) is 5.60 Å². The number of alkyl carbamates (subject to hydrolysis) is 1. The van der Waals surface area contributed by atoms with Crippen molar-refractivity contribution in [3.8, 4) is 0 Å². The summed E-state index contributed by atoms with van der Waals surface area (Å²) < 4.78 is 5.44. The molecule has 3 aromatic rings. The van der Waals surface area contributed by atoms with Gasteiger partial charge in [-0.05, 0) is 55.9 Å². The van der Waals surface area contributed by atoms with Gasteiger partial charge in [-0.15, -0.1) is 0 Å². The average Bonchev–Trinajstić information content (AvgIpc) is 3.25. The molecule has 0 fully saturated rings. The first-order valence-electron chi connectivity index (χ1n) is 14.1. The standard InChI is InChI=1S/C33H41N3O5/c1-33(2,3)41-32(40)35-26(18-22-12-6-4-7-13-22)29(38)21-34-27(19-23-14-8-5-9-15-23)31(39)36-30-25-17-11-10-16-24(25)20-28(30)37/h4-17,26-30,34,37-38H,18-21H2,1-3H3,(H,35,40)(H,36,39)/t26-,27+,28+,29+,30-/m0/s1. The van der Waals surface area contributed by atoms with Crippen LogP contribution in [-0.4, -0.2) is 58.7 Å². The number of benzene rings is 3. The fourth-order valence-electron chi connectivity index (χ4n) is 5.12. The molecule has 0 saturated carbocycles. The smallest absolute Gasteiger partial charge is 0.407 e. The van der Waals surface area contributed by atoms with Crippen LogP contribution in [0.2, 0.25) is 0 Å². The summed E-state index contributed by atoms with van der Waals surface area (Å²) >= 11 is 0. The zero-order chi connectivity index (χ0) is 29.4. The van der Waals surface area contributed by atoms with Gasteiger partial charge in [0.05, 0.1) is 30.3 Å². The number of fused-ring (bicyclic) bond motifs is 1. The molecule has 218 valence electrons. The molecule has 8 nitrogen and oxygen atoms in total. The number of aliphatic hydroxyl groups is 2. The van der Waals surface area contributed by atoms with Crippen molar-refractivity contribution < 1.29 is 24.5 Å². The zero-order valence-corrected chi connectivity index (χ0v) is 23.9. The first kappa shape index (κ1) is 30.2. The highest BCUT2D eigenvalue weighted by atomic mass is 16.6. The van der Waals surface area contributed by atoms with E-state index in [1.54, 1.807) is 20.8 Å². The Kier molecular flexibility index (Phi) is 10.2. The van der Waals surface area contributed by atoms with Crippen molar-refractivity contribution in [3.05, 3.63) is 107 Å². The third-order valence-corrected chi connectivity index (χ3v) is 7.14. The van der Waals surface area contributed by atoms with Crippen molar-refractivity contribution in [2.24, 2.45) is 0 Å². The van der Waals surface area contributed by atoms with Crippen LogP contribution in [-0.2, 0) is 28.8 Å². The predicted molar refractivity (Wildman–Crippen MR) is 158 cm³/mol. The molecule has 0 unspecified atom stereocenters. The molecule has 5 atom stereocenters. The van der Waals surface area contributed by atoms with Crippen molar-refractivity contribution in [1.29, 1.82) is 0 Å². The monoisotopic (exact) mass is 559 g/mol. The quantitative estimate of drug-likeness (QED) is 0.246. The van der Waals surface area contributed by atoms with Gasteiger partial charge in [0.2, 0.25) is 5.91 Å². The third-order valence-electron chi connectivity index (χ3n) is 7.14. The Balaban J connectivity index is 1.48. The molecule has 5 N–H and O–H groups in total. The largest absolute Gasteiger partial charge is 0.444 e. The van der Waals surface area contributed by atoms with Crippen LogP contribution in [0.25, 0.3) is 0 Å². The van der Waals surface area contributed by atoms with Gasteiger partial charge in [-0.3, -0.25) is 4.79 Å². The highest BCUT2D eigenvalue weighted by molar-refractivity contribution is 5.82. The van der Waals surface area contributed by atoms with E-state index in [-0.39, 0.29) is 12.5 Å². The highest BCUT2D eigenvalue weighted by Crippen LogP contribution is 2.31. The van der Waals surface area contributed by atoms with Crippen molar-refractivity contribution in [2.45, 2.75) is 76.0 Å². The van der Waals surface area contributed by atoms with Crippen molar-refractivity contribution in [3.63, 3.8) is 0 Å². The summed E-state index contributed by atoms with van der Waals surface area (Å²) in [4.78, 5) is 26.2. The van der Waals surface area contributed by atoms with Gasteiger partial charge in [-0.1, -0.05) is 84.9 Å². The summed E-state index contributed by atoms with van der Waals surface area (Å²) in [6.45, 7) is 5.39. The topological polar surface area (TPSA) is 120 Å². The van der Waals surface area contributed by atoms with E-state index in [0.29, 0.717) is 19.3 Å². The molecule has 0 bridgehead atoms. The number of carbonyl (C=O) groups is 2. The van der Waals surface area contributed by atoms with Gasteiger partial charge >= 0.3 is 6.09 Å². The maximum Gasteiger partial charge on any atom is 0.407 e. The van der Waals surface area contributed by atoms with E-state index < -0.39 is 42.0 Å². The summed E-state index contributed by atoms with van der Waals surface area (Å²) in [6, 6.07) is 25.1. The maximum absolute atomic E-state index is 13.6. The SMILES string of the molecule is CC(C)(C)OC(=O)N[C@@H](Cc1ccccc1)[C@H](O)CN[C@H](Cc1ccccc1)C(=O)N[C@H]1c2ccccc2C[C@H]1O. The normalized spacial score (nSPS) is 18.6. The Labute approximate surface area is 242 Å². The Morgan fingerprint density at radius 3 is 2.12 bits per heavy atom. The number of hydrogen-bond donors (Lipinski definition) is 5. The fraction of sp³-hybridized carbons (Fsp3) is 0.394. The molecule has 3 aromatic carbocycles. The van der Waals surface area contributed by atoms with Gasteiger partial charge in [0.15, 0.2) is 0 Å². The van der Waals surface area contributed by atoms with Crippen LogP contribution < -0.4 is 16.0 Å². The van der Waals surface area contributed by atoms with E-state index >= 15 is 0 Å². The zero-order valence-electron chi connectivity index (χ0n) is 23.9. The van der Waals surface area contributed by atoms with Gasteiger partial charge in [0, 0.05) is 13.0 Å². The molecule has 8 heteroatoms. The molecule has 0 aromatic heterocycles.